The van der Waals surface area contributed by atoms with Crippen LogP contribution in [-0.4, -0.2) is 53.1 Å². The van der Waals surface area contributed by atoms with Crippen molar-refractivity contribution < 1.29 is 19.1 Å². The number of nitrogens with one attached hydrogen (secondary N) is 1. The summed E-state index contributed by atoms with van der Waals surface area (Å²) < 4.78 is 13.4. The largest absolute Gasteiger partial charge is 0.496 e. The first-order valence-corrected chi connectivity index (χ1v) is 19.1. The fourth-order valence-electron chi connectivity index (χ4n) is 9.25. The third-order valence-corrected chi connectivity index (χ3v) is 12.9. The molecule has 0 atom stereocenters. The molecule has 2 amide bonds. The SMILES string of the molecule is CCCNC(=O)OC1CCC(C(=O)N(CC23CCC(c4ccc(OC)c(C)c4)(CC2)CC3)c2cc(-c3cnn(C4(C)CCC4)c3)ccn2)CC1. The van der Waals surface area contributed by atoms with Crippen LogP contribution >= 0.6 is 0 Å². The average Bonchev–Trinajstić information content (AvgIpc) is 3.64. The van der Waals surface area contributed by atoms with Crippen molar-refractivity contribution in [1.29, 1.82) is 0 Å². The second-order valence-electron chi connectivity index (χ2n) is 16.1. The first-order valence-electron chi connectivity index (χ1n) is 19.1. The summed E-state index contributed by atoms with van der Waals surface area (Å²) in [6, 6.07) is 10.9. The van der Waals surface area contributed by atoms with Crippen LogP contribution in [0.5, 0.6) is 5.75 Å². The Morgan fingerprint density at radius 3 is 2.36 bits per heavy atom. The van der Waals surface area contributed by atoms with E-state index < -0.39 is 0 Å². The molecule has 50 heavy (non-hydrogen) atoms. The minimum absolute atomic E-state index is 0.0674. The number of aromatic nitrogens is 3. The molecular formula is C41H55N5O4. The molecule has 0 spiro atoms. The number of aryl methyl sites for hydroxylation is 1. The Morgan fingerprint density at radius 2 is 1.72 bits per heavy atom. The molecule has 1 aromatic carbocycles. The first kappa shape index (κ1) is 34.6. The molecule has 5 saturated carbocycles. The molecule has 8 rings (SSSR count). The normalized spacial score (nSPS) is 26.9. The second-order valence-corrected chi connectivity index (χ2v) is 16.1. The Kier molecular flexibility index (Phi) is 9.70. The third kappa shape index (κ3) is 6.76. The molecule has 2 aromatic heterocycles. The van der Waals surface area contributed by atoms with E-state index >= 15 is 0 Å². The van der Waals surface area contributed by atoms with Crippen molar-refractivity contribution in [3.63, 3.8) is 0 Å². The number of anilines is 1. The summed E-state index contributed by atoms with van der Waals surface area (Å²) in [4.78, 5) is 33.8. The average molecular weight is 682 g/mol. The minimum Gasteiger partial charge on any atom is -0.496 e. The maximum atomic E-state index is 14.7. The predicted molar refractivity (Wildman–Crippen MR) is 195 cm³/mol. The van der Waals surface area contributed by atoms with Crippen LogP contribution in [0.2, 0.25) is 0 Å². The summed E-state index contributed by atoms with van der Waals surface area (Å²) in [5.74, 6) is 1.71. The van der Waals surface area contributed by atoms with Gasteiger partial charge in [-0.1, -0.05) is 19.1 Å². The molecule has 9 heteroatoms. The quantitative estimate of drug-likeness (QED) is 0.218. The fourth-order valence-corrected chi connectivity index (χ4v) is 9.25. The zero-order chi connectivity index (χ0) is 34.9. The number of alkyl carbamates (subject to hydrolysis) is 1. The van der Waals surface area contributed by atoms with Crippen LogP contribution in [0.1, 0.15) is 115 Å². The van der Waals surface area contributed by atoms with Gasteiger partial charge in [-0.3, -0.25) is 14.4 Å². The van der Waals surface area contributed by atoms with E-state index in [-0.39, 0.29) is 40.4 Å². The zero-order valence-electron chi connectivity index (χ0n) is 30.5. The topological polar surface area (TPSA) is 98.6 Å². The molecule has 0 radical (unpaired) electrons. The van der Waals surface area contributed by atoms with Gasteiger partial charge < -0.3 is 14.8 Å². The number of hydrogen-bond donors (Lipinski definition) is 1. The highest BCUT2D eigenvalue weighted by Crippen LogP contribution is 2.58. The maximum absolute atomic E-state index is 14.7. The van der Waals surface area contributed by atoms with Gasteiger partial charge in [0.1, 0.15) is 17.7 Å². The van der Waals surface area contributed by atoms with Gasteiger partial charge in [0.15, 0.2) is 0 Å². The van der Waals surface area contributed by atoms with Crippen molar-refractivity contribution in [3.05, 3.63) is 60.0 Å². The molecule has 0 unspecified atom stereocenters. The van der Waals surface area contributed by atoms with E-state index in [0.29, 0.717) is 38.8 Å². The summed E-state index contributed by atoms with van der Waals surface area (Å²) in [5, 5.41) is 7.56. The second kappa shape index (κ2) is 14.0. The lowest BCUT2D eigenvalue weighted by Crippen LogP contribution is -2.52. The van der Waals surface area contributed by atoms with Gasteiger partial charge >= 0.3 is 6.09 Å². The van der Waals surface area contributed by atoms with Gasteiger partial charge in [-0.2, -0.15) is 5.10 Å². The number of fused-ring (bicyclic) bond motifs is 3. The van der Waals surface area contributed by atoms with Gasteiger partial charge in [-0.15, -0.1) is 0 Å². The Morgan fingerprint density at radius 1 is 0.980 bits per heavy atom. The standard InChI is InChI=1S/C41H55N5O4/c1-5-22-43-38(48)50-34-10-7-30(8-11-34)37(47)45(36-25-31(13-23-42-36)32-26-44-46(27-32)39(3)14-6-15-39)28-40-16-19-41(20-17-40,21-18-40)33-9-12-35(49-4)29(2)24-33/h9,12-13,23-27,30,34H,5-8,10-11,14-22,28H2,1-4H3,(H,43,48). The van der Waals surface area contributed by atoms with Crippen LogP contribution in [0.4, 0.5) is 10.6 Å². The molecule has 3 aromatic rings. The van der Waals surface area contributed by atoms with Crippen molar-refractivity contribution in [3.8, 4) is 16.9 Å². The lowest BCUT2D eigenvalue weighted by molar-refractivity contribution is -0.124. The number of rotatable bonds is 11. The Hall–Kier alpha value is -3.88. The number of carbonyl (C=O) groups excluding carboxylic acids is 2. The molecule has 2 heterocycles. The lowest BCUT2D eigenvalue weighted by Gasteiger charge is -2.55. The van der Waals surface area contributed by atoms with Crippen LogP contribution in [-0.2, 0) is 20.5 Å². The summed E-state index contributed by atoms with van der Waals surface area (Å²) in [7, 11) is 1.74. The molecule has 5 aliphatic rings. The summed E-state index contributed by atoms with van der Waals surface area (Å²) in [6.45, 7) is 7.73. The van der Waals surface area contributed by atoms with Gasteiger partial charge in [0.2, 0.25) is 5.91 Å². The smallest absolute Gasteiger partial charge is 0.407 e. The lowest BCUT2D eigenvalue weighted by atomic mass is 9.51. The van der Waals surface area contributed by atoms with E-state index in [9.17, 15) is 9.59 Å². The van der Waals surface area contributed by atoms with Crippen molar-refractivity contribution in [1.82, 2.24) is 20.1 Å². The monoisotopic (exact) mass is 681 g/mol. The molecule has 5 fully saturated rings. The van der Waals surface area contributed by atoms with Crippen LogP contribution in [0.3, 0.4) is 0 Å². The fraction of sp³-hybridized carbons (Fsp3) is 0.610. The van der Waals surface area contributed by atoms with E-state index in [1.54, 1.807) is 7.11 Å². The zero-order valence-corrected chi connectivity index (χ0v) is 30.5. The highest BCUT2D eigenvalue weighted by Gasteiger charge is 2.51. The number of pyridine rings is 1. The van der Waals surface area contributed by atoms with E-state index in [1.807, 2.05) is 30.3 Å². The number of carbonyl (C=O) groups is 2. The minimum atomic E-state index is -0.353. The number of nitrogens with zero attached hydrogens (tertiary/aromatic N) is 4. The summed E-state index contributed by atoms with van der Waals surface area (Å²) in [5.41, 5.74) is 5.08. The number of methoxy groups -OCH3 is 1. The predicted octanol–water partition coefficient (Wildman–Crippen LogP) is 8.48. The molecule has 2 bridgehead atoms. The van der Waals surface area contributed by atoms with Crippen molar-refractivity contribution in [2.24, 2.45) is 11.3 Å². The van der Waals surface area contributed by atoms with Gasteiger partial charge in [0.05, 0.1) is 18.8 Å². The molecule has 5 aliphatic carbocycles. The summed E-state index contributed by atoms with van der Waals surface area (Å²) >= 11 is 0. The Balaban J connectivity index is 1.11. The highest BCUT2D eigenvalue weighted by atomic mass is 16.6. The van der Waals surface area contributed by atoms with Crippen LogP contribution in [0.15, 0.2) is 48.9 Å². The van der Waals surface area contributed by atoms with Crippen molar-refractivity contribution in [2.45, 2.75) is 128 Å². The van der Waals surface area contributed by atoms with E-state index in [4.69, 9.17) is 19.6 Å². The van der Waals surface area contributed by atoms with Gasteiger partial charge in [-0.05, 0) is 149 Å². The summed E-state index contributed by atoms with van der Waals surface area (Å²) in [6.07, 6.45) is 19.4. The van der Waals surface area contributed by atoms with Gasteiger partial charge in [0, 0.05) is 37.0 Å². The van der Waals surface area contributed by atoms with Crippen LogP contribution < -0.4 is 15.0 Å². The van der Waals surface area contributed by atoms with E-state index in [1.165, 1.54) is 17.5 Å². The van der Waals surface area contributed by atoms with Gasteiger partial charge in [0.25, 0.3) is 0 Å². The van der Waals surface area contributed by atoms with Crippen molar-refractivity contribution in [2.75, 3.05) is 25.1 Å². The number of hydrogen-bond acceptors (Lipinski definition) is 6. The van der Waals surface area contributed by atoms with Crippen LogP contribution in [0.25, 0.3) is 11.1 Å². The molecule has 0 saturated heterocycles. The number of amides is 2. The molecule has 9 nitrogen and oxygen atoms in total. The number of benzene rings is 1. The Bertz CT molecular complexity index is 1660. The third-order valence-electron chi connectivity index (χ3n) is 12.9. The highest BCUT2D eigenvalue weighted by molar-refractivity contribution is 5.95. The molecule has 0 aliphatic heterocycles. The van der Waals surface area contributed by atoms with Crippen molar-refractivity contribution >= 4 is 17.8 Å². The van der Waals surface area contributed by atoms with E-state index in [0.717, 1.165) is 80.5 Å². The Labute approximate surface area is 297 Å². The molecule has 1 N–H and O–H groups in total. The maximum Gasteiger partial charge on any atom is 0.407 e. The van der Waals surface area contributed by atoms with Crippen LogP contribution in [0, 0.1) is 18.3 Å². The number of ether oxygens (including phenoxy) is 2. The van der Waals surface area contributed by atoms with Gasteiger partial charge in [-0.25, -0.2) is 9.78 Å². The first-order chi connectivity index (χ1) is 24.1. The molecule has 268 valence electrons. The molecular weight excluding hydrogens is 626 g/mol. The van der Waals surface area contributed by atoms with E-state index in [2.05, 4.69) is 54.3 Å².